The summed E-state index contributed by atoms with van der Waals surface area (Å²) in [6, 6.07) is 2.20. The molecule has 0 radical (unpaired) electrons. The second kappa shape index (κ2) is 4.06. The zero-order valence-electron chi connectivity index (χ0n) is 8.99. The van der Waals surface area contributed by atoms with Crippen molar-refractivity contribution in [1.29, 1.82) is 0 Å². The van der Waals surface area contributed by atoms with Gasteiger partial charge >= 0.3 is 0 Å². The highest BCUT2D eigenvalue weighted by atomic mass is 16.1. The van der Waals surface area contributed by atoms with Gasteiger partial charge in [0, 0.05) is 12.2 Å². The van der Waals surface area contributed by atoms with E-state index in [1.165, 1.54) is 12.8 Å². The van der Waals surface area contributed by atoms with E-state index >= 15 is 0 Å². The molecule has 1 saturated heterocycles. The van der Waals surface area contributed by atoms with Gasteiger partial charge in [0.25, 0.3) is 5.56 Å². The first kappa shape index (κ1) is 10.2. The van der Waals surface area contributed by atoms with Crippen LogP contribution < -0.4 is 11.3 Å². The van der Waals surface area contributed by atoms with Gasteiger partial charge in [-0.2, -0.15) is 0 Å². The van der Waals surface area contributed by atoms with Crippen molar-refractivity contribution in [3.63, 3.8) is 0 Å². The van der Waals surface area contributed by atoms with Crippen LogP contribution in [0.15, 0.2) is 17.1 Å². The molecule has 1 aromatic rings. The quantitative estimate of drug-likeness (QED) is 0.725. The summed E-state index contributed by atoms with van der Waals surface area (Å²) in [5, 5.41) is 0. The molecule has 1 aliphatic rings. The van der Waals surface area contributed by atoms with Crippen LogP contribution in [0.25, 0.3) is 0 Å². The Morgan fingerprint density at radius 3 is 3.00 bits per heavy atom. The second-order valence-electron chi connectivity index (χ2n) is 4.21. The monoisotopic (exact) mass is 207 g/mol. The molecule has 3 N–H and O–H groups in total. The van der Waals surface area contributed by atoms with Crippen molar-refractivity contribution in [3.8, 4) is 0 Å². The highest BCUT2D eigenvalue weighted by Crippen LogP contribution is 2.28. The van der Waals surface area contributed by atoms with E-state index in [0.29, 0.717) is 11.7 Å². The Balaban J connectivity index is 2.28. The van der Waals surface area contributed by atoms with Crippen molar-refractivity contribution in [1.82, 2.24) is 9.88 Å². The number of piperidine rings is 1. The molecule has 1 fully saturated rings. The molecule has 4 nitrogen and oxygen atoms in total. The fourth-order valence-corrected chi connectivity index (χ4v) is 2.21. The number of nitrogens with two attached hydrogens (primary N) is 1. The Labute approximate surface area is 89.1 Å². The summed E-state index contributed by atoms with van der Waals surface area (Å²) in [6.07, 6.45) is 5.42. The SMILES string of the molecule is CN1CCCCC1c1c[nH]c(=O)c(N)c1. The molecular formula is C11H17N3O. The number of aromatic nitrogens is 1. The number of aromatic amines is 1. The molecule has 0 aliphatic carbocycles. The lowest BCUT2D eigenvalue weighted by molar-refractivity contribution is 0.187. The maximum absolute atomic E-state index is 11.1. The predicted molar refractivity (Wildman–Crippen MR) is 60.7 cm³/mol. The summed E-state index contributed by atoms with van der Waals surface area (Å²) in [6.45, 7) is 1.11. The van der Waals surface area contributed by atoms with Crippen molar-refractivity contribution >= 4 is 5.69 Å². The standard InChI is InChI=1S/C11H17N3O/c1-14-5-3-2-4-10(14)8-6-9(12)11(15)13-7-8/h6-7,10H,2-5,12H2,1H3,(H,13,15). The minimum atomic E-state index is -0.197. The van der Waals surface area contributed by atoms with Crippen LogP contribution >= 0.6 is 0 Å². The van der Waals surface area contributed by atoms with Gasteiger partial charge in [-0.25, -0.2) is 0 Å². The van der Waals surface area contributed by atoms with Gasteiger partial charge in [0.1, 0.15) is 0 Å². The van der Waals surface area contributed by atoms with Gasteiger partial charge in [-0.1, -0.05) is 6.42 Å². The maximum Gasteiger partial charge on any atom is 0.271 e. The maximum atomic E-state index is 11.1. The average Bonchev–Trinajstić information content (AvgIpc) is 2.23. The lowest BCUT2D eigenvalue weighted by atomic mass is 9.97. The normalized spacial score (nSPS) is 22.9. The summed E-state index contributed by atoms with van der Waals surface area (Å²) < 4.78 is 0. The Bertz CT molecular complexity index is 399. The van der Waals surface area contributed by atoms with Crippen LogP contribution in [0.4, 0.5) is 5.69 Å². The molecular weight excluding hydrogens is 190 g/mol. The van der Waals surface area contributed by atoms with Crippen LogP contribution in [0.2, 0.25) is 0 Å². The van der Waals surface area contributed by atoms with Crippen LogP contribution in [0, 0.1) is 0 Å². The zero-order valence-corrected chi connectivity index (χ0v) is 8.99. The van der Waals surface area contributed by atoms with E-state index in [0.717, 1.165) is 18.5 Å². The Morgan fingerprint density at radius 2 is 2.33 bits per heavy atom. The predicted octanol–water partition coefficient (Wildman–Crippen LogP) is 1.11. The first-order valence-electron chi connectivity index (χ1n) is 5.37. The minimum Gasteiger partial charge on any atom is -0.394 e. The number of rotatable bonds is 1. The largest absolute Gasteiger partial charge is 0.394 e. The fourth-order valence-electron chi connectivity index (χ4n) is 2.21. The van der Waals surface area contributed by atoms with Gasteiger partial charge in [0.15, 0.2) is 0 Å². The summed E-state index contributed by atoms with van der Waals surface area (Å²) >= 11 is 0. The number of H-pyrrole nitrogens is 1. The van der Waals surface area contributed by atoms with Crippen molar-refractivity contribution < 1.29 is 0 Å². The fraction of sp³-hybridized carbons (Fsp3) is 0.545. The molecule has 2 rings (SSSR count). The number of nitrogens with one attached hydrogen (secondary N) is 1. The highest BCUT2D eigenvalue weighted by Gasteiger charge is 2.20. The molecule has 82 valence electrons. The number of likely N-dealkylation sites (tertiary alicyclic amines) is 1. The van der Waals surface area contributed by atoms with Gasteiger partial charge in [-0.3, -0.25) is 9.69 Å². The van der Waals surface area contributed by atoms with Crippen molar-refractivity contribution in [2.75, 3.05) is 19.3 Å². The third-order valence-corrected chi connectivity index (χ3v) is 3.11. The van der Waals surface area contributed by atoms with E-state index in [1.54, 1.807) is 12.3 Å². The van der Waals surface area contributed by atoms with Crippen molar-refractivity contribution in [2.45, 2.75) is 25.3 Å². The van der Waals surface area contributed by atoms with Crippen LogP contribution in [0.1, 0.15) is 30.9 Å². The summed E-state index contributed by atoms with van der Waals surface area (Å²) in [5.74, 6) is 0. The summed E-state index contributed by atoms with van der Waals surface area (Å²) in [4.78, 5) is 16.1. The van der Waals surface area contributed by atoms with Crippen molar-refractivity contribution in [2.24, 2.45) is 0 Å². The van der Waals surface area contributed by atoms with Crippen molar-refractivity contribution in [3.05, 3.63) is 28.2 Å². The molecule has 0 spiro atoms. The van der Waals surface area contributed by atoms with Gasteiger partial charge < -0.3 is 10.7 Å². The molecule has 1 unspecified atom stereocenters. The van der Waals surface area contributed by atoms with Gasteiger partial charge in [-0.05, 0) is 38.1 Å². The van der Waals surface area contributed by atoms with Crippen LogP contribution in [0.5, 0.6) is 0 Å². The minimum absolute atomic E-state index is 0.197. The van der Waals surface area contributed by atoms with E-state index in [1.807, 2.05) is 0 Å². The van der Waals surface area contributed by atoms with Gasteiger partial charge in [-0.15, -0.1) is 0 Å². The topological polar surface area (TPSA) is 62.1 Å². The van der Waals surface area contributed by atoms with E-state index in [9.17, 15) is 4.79 Å². The number of nitrogens with zero attached hydrogens (tertiary/aromatic N) is 1. The van der Waals surface area contributed by atoms with E-state index in [2.05, 4.69) is 16.9 Å². The Kier molecular flexibility index (Phi) is 2.77. The van der Waals surface area contributed by atoms with E-state index in [-0.39, 0.29) is 5.56 Å². The zero-order chi connectivity index (χ0) is 10.8. The number of anilines is 1. The number of pyridine rings is 1. The Morgan fingerprint density at radius 1 is 1.53 bits per heavy atom. The first-order chi connectivity index (χ1) is 7.18. The Hall–Kier alpha value is -1.29. The van der Waals surface area contributed by atoms with E-state index < -0.39 is 0 Å². The molecule has 1 atom stereocenters. The molecule has 4 heteroatoms. The van der Waals surface area contributed by atoms with Crippen LogP contribution in [0.3, 0.4) is 0 Å². The smallest absolute Gasteiger partial charge is 0.271 e. The average molecular weight is 207 g/mol. The van der Waals surface area contributed by atoms with Crippen LogP contribution in [-0.2, 0) is 0 Å². The molecule has 0 amide bonds. The molecule has 2 heterocycles. The molecule has 1 aromatic heterocycles. The number of hydrogen-bond donors (Lipinski definition) is 2. The van der Waals surface area contributed by atoms with Gasteiger partial charge in [0.05, 0.1) is 5.69 Å². The van der Waals surface area contributed by atoms with Gasteiger partial charge in [0.2, 0.25) is 0 Å². The lowest BCUT2D eigenvalue weighted by Crippen LogP contribution is -2.30. The second-order valence-corrected chi connectivity index (χ2v) is 4.21. The highest BCUT2D eigenvalue weighted by molar-refractivity contribution is 5.38. The molecule has 0 saturated carbocycles. The lowest BCUT2D eigenvalue weighted by Gasteiger charge is -2.32. The molecule has 1 aliphatic heterocycles. The third kappa shape index (κ3) is 2.04. The number of nitrogen functional groups attached to an aromatic ring is 1. The first-order valence-corrected chi connectivity index (χ1v) is 5.37. The van der Waals surface area contributed by atoms with Crippen LogP contribution in [-0.4, -0.2) is 23.5 Å². The van der Waals surface area contributed by atoms with E-state index in [4.69, 9.17) is 5.73 Å². The summed E-state index contributed by atoms with van der Waals surface area (Å²) in [7, 11) is 2.12. The molecule has 15 heavy (non-hydrogen) atoms. The third-order valence-electron chi connectivity index (χ3n) is 3.11. The molecule has 0 bridgehead atoms. The number of hydrogen-bond acceptors (Lipinski definition) is 3. The summed E-state index contributed by atoms with van der Waals surface area (Å²) in [5.41, 5.74) is 6.84. The molecule has 0 aromatic carbocycles.